The van der Waals surface area contributed by atoms with Gasteiger partial charge in [-0.2, -0.15) is 0 Å². The number of amides is 2. The molecule has 2 amide bonds. The molecule has 2 fully saturated rings. The minimum Gasteiger partial charge on any atom is -0.377 e. The van der Waals surface area contributed by atoms with Crippen LogP contribution in [0.25, 0.3) is 11.4 Å². The first kappa shape index (κ1) is 24.5. The number of hydrogen-bond acceptors (Lipinski definition) is 9. The van der Waals surface area contributed by atoms with Crippen LogP contribution in [0.15, 0.2) is 36.7 Å². The van der Waals surface area contributed by atoms with Crippen molar-refractivity contribution in [2.24, 2.45) is 0 Å². The van der Waals surface area contributed by atoms with E-state index in [2.05, 4.69) is 37.3 Å². The molecule has 3 aliphatic heterocycles. The van der Waals surface area contributed by atoms with Crippen LogP contribution in [0.4, 0.5) is 22.1 Å². The number of anilines is 3. The van der Waals surface area contributed by atoms with E-state index in [4.69, 9.17) is 19.4 Å². The molecular formula is C27H32N8O3. The van der Waals surface area contributed by atoms with E-state index in [1.54, 1.807) is 6.33 Å². The van der Waals surface area contributed by atoms with Gasteiger partial charge in [-0.05, 0) is 44.5 Å². The predicted octanol–water partition coefficient (Wildman–Crippen LogP) is 2.55. The summed E-state index contributed by atoms with van der Waals surface area (Å²) < 4.78 is 10.8. The molecule has 0 saturated carbocycles. The van der Waals surface area contributed by atoms with Gasteiger partial charge in [0.15, 0.2) is 5.82 Å². The molecule has 3 aliphatic rings. The third-order valence-electron chi connectivity index (χ3n) is 7.17. The summed E-state index contributed by atoms with van der Waals surface area (Å²) >= 11 is 0. The number of nitrogens with one attached hydrogen (secondary N) is 2. The van der Waals surface area contributed by atoms with Crippen LogP contribution in [-0.4, -0.2) is 77.6 Å². The van der Waals surface area contributed by atoms with Crippen LogP contribution >= 0.6 is 0 Å². The smallest absolute Gasteiger partial charge is 0.319 e. The quantitative estimate of drug-likeness (QED) is 0.527. The summed E-state index contributed by atoms with van der Waals surface area (Å²) in [5.41, 5.74) is 4.74. The summed E-state index contributed by atoms with van der Waals surface area (Å²) in [5, 5.41) is 5.76. The topological polar surface area (TPSA) is 118 Å². The molecule has 11 nitrogen and oxygen atoms in total. The van der Waals surface area contributed by atoms with Gasteiger partial charge in [-0.25, -0.2) is 24.7 Å². The molecule has 1 atom stereocenters. The molecule has 198 valence electrons. The number of urea groups is 1. The maximum atomic E-state index is 12.2. The highest BCUT2D eigenvalue weighted by Gasteiger charge is 2.29. The van der Waals surface area contributed by atoms with Crippen molar-refractivity contribution in [2.75, 3.05) is 54.6 Å². The largest absolute Gasteiger partial charge is 0.377 e. The number of ether oxygens (including phenoxy) is 2. The molecular weight excluding hydrogens is 484 g/mol. The van der Waals surface area contributed by atoms with E-state index in [1.165, 1.54) is 5.56 Å². The minimum atomic E-state index is -0.236. The maximum absolute atomic E-state index is 12.2. The van der Waals surface area contributed by atoms with Crippen molar-refractivity contribution in [2.45, 2.75) is 38.9 Å². The van der Waals surface area contributed by atoms with Gasteiger partial charge in [0.05, 0.1) is 50.7 Å². The van der Waals surface area contributed by atoms with Crippen molar-refractivity contribution in [3.63, 3.8) is 0 Å². The Morgan fingerprint density at radius 3 is 2.63 bits per heavy atom. The summed E-state index contributed by atoms with van der Waals surface area (Å²) in [6.07, 6.45) is 2.45. The SMILES string of the molecule is Cc1cc(N2CCc3c(nc(-c4ccc(NC(=O)NC5COC5)cc4)nc3N3CCOCC3C)C2)ncn1. The van der Waals surface area contributed by atoms with Gasteiger partial charge in [-0.1, -0.05) is 0 Å². The number of aromatic nitrogens is 4. The van der Waals surface area contributed by atoms with Crippen LogP contribution in [0.1, 0.15) is 23.9 Å². The van der Waals surface area contributed by atoms with E-state index in [1.807, 2.05) is 37.3 Å². The average Bonchev–Trinajstić information content (AvgIpc) is 2.90. The lowest BCUT2D eigenvalue weighted by atomic mass is 10.0. The Morgan fingerprint density at radius 1 is 1.05 bits per heavy atom. The first-order valence-corrected chi connectivity index (χ1v) is 13.1. The van der Waals surface area contributed by atoms with Gasteiger partial charge in [-0.3, -0.25) is 0 Å². The molecule has 38 heavy (non-hydrogen) atoms. The molecule has 6 rings (SSSR count). The molecule has 1 aromatic carbocycles. The van der Waals surface area contributed by atoms with E-state index >= 15 is 0 Å². The summed E-state index contributed by atoms with van der Waals surface area (Å²) in [5.74, 6) is 2.57. The second-order valence-electron chi connectivity index (χ2n) is 10.0. The molecule has 0 radical (unpaired) electrons. The van der Waals surface area contributed by atoms with Crippen LogP contribution in [0.3, 0.4) is 0 Å². The number of morpholine rings is 1. The summed E-state index contributed by atoms with van der Waals surface area (Å²) in [6.45, 7) is 8.91. The Kier molecular flexibility index (Phi) is 6.77. The van der Waals surface area contributed by atoms with Crippen molar-refractivity contribution in [1.29, 1.82) is 0 Å². The Hall–Kier alpha value is -3.83. The number of hydrogen-bond donors (Lipinski definition) is 2. The fourth-order valence-electron chi connectivity index (χ4n) is 5.00. The third-order valence-corrected chi connectivity index (χ3v) is 7.17. The molecule has 2 aromatic heterocycles. The highest BCUT2D eigenvalue weighted by molar-refractivity contribution is 5.89. The Morgan fingerprint density at radius 2 is 1.89 bits per heavy atom. The number of rotatable bonds is 5. The van der Waals surface area contributed by atoms with Gasteiger partial charge in [0.25, 0.3) is 0 Å². The van der Waals surface area contributed by atoms with Gasteiger partial charge >= 0.3 is 6.03 Å². The molecule has 3 aromatic rings. The van der Waals surface area contributed by atoms with Crippen molar-refractivity contribution in [3.05, 3.63) is 53.6 Å². The van der Waals surface area contributed by atoms with E-state index < -0.39 is 0 Å². The summed E-state index contributed by atoms with van der Waals surface area (Å²) in [6, 6.07) is 9.73. The molecule has 2 saturated heterocycles. The maximum Gasteiger partial charge on any atom is 0.319 e. The molecule has 0 spiro atoms. The molecule has 2 N–H and O–H groups in total. The normalized spacial score (nSPS) is 19.5. The summed E-state index contributed by atoms with van der Waals surface area (Å²) in [4.78, 5) is 35.7. The lowest BCUT2D eigenvalue weighted by Gasteiger charge is -2.38. The van der Waals surface area contributed by atoms with Crippen LogP contribution in [0.2, 0.25) is 0 Å². The van der Waals surface area contributed by atoms with E-state index in [9.17, 15) is 4.79 Å². The minimum absolute atomic E-state index is 0.0741. The molecule has 1 unspecified atom stereocenters. The summed E-state index contributed by atoms with van der Waals surface area (Å²) in [7, 11) is 0. The molecule has 5 heterocycles. The lowest BCUT2D eigenvalue weighted by Crippen LogP contribution is -2.49. The fraction of sp³-hybridized carbons (Fsp3) is 0.444. The first-order valence-electron chi connectivity index (χ1n) is 13.1. The van der Waals surface area contributed by atoms with Crippen LogP contribution in [-0.2, 0) is 22.4 Å². The molecule has 11 heteroatoms. The Labute approximate surface area is 221 Å². The predicted molar refractivity (Wildman–Crippen MR) is 143 cm³/mol. The van der Waals surface area contributed by atoms with Gasteiger partial charge in [0, 0.05) is 41.7 Å². The van der Waals surface area contributed by atoms with Gasteiger partial charge in [0.1, 0.15) is 18.0 Å². The van der Waals surface area contributed by atoms with Crippen LogP contribution < -0.4 is 20.4 Å². The van der Waals surface area contributed by atoms with Gasteiger partial charge in [0.2, 0.25) is 0 Å². The van der Waals surface area contributed by atoms with Gasteiger partial charge < -0.3 is 29.9 Å². The van der Waals surface area contributed by atoms with Crippen molar-refractivity contribution in [1.82, 2.24) is 25.3 Å². The van der Waals surface area contributed by atoms with Gasteiger partial charge in [-0.15, -0.1) is 0 Å². The monoisotopic (exact) mass is 516 g/mol. The average molecular weight is 517 g/mol. The highest BCUT2D eigenvalue weighted by Crippen LogP contribution is 2.32. The van der Waals surface area contributed by atoms with Crippen LogP contribution in [0.5, 0.6) is 0 Å². The number of fused-ring (bicyclic) bond motifs is 1. The zero-order valence-electron chi connectivity index (χ0n) is 21.7. The third kappa shape index (κ3) is 5.11. The zero-order valence-corrected chi connectivity index (χ0v) is 21.7. The van der Waals surface area contributed by atoms with E-state index in [0.29, 0.717) is 44.5 Å². The lowest BCUT2D eigenvalue weighted by molar-refractivity contribution is 0.000735. The standard InChI is InChI=1S/C27H32N8O3/c1-17-11-24(29-16-28-17)34-8-7-22-23(12-34)32-25(33-26(22)35-9-10-37-13-18(35)2)19-3-5-20(6-4-19)30-27(36)31-21-14-38-15-21/h3-6,11,16,18,21H,7-10,12-15H2,1-2H3,(H2,30,31,36). The second-order valence-corrected chi connectivity index (χ2v) is 10.0. The van der Waals surface area contributed by atoms with E-state index in [-0.39, 0.29) is 18.1 Å². The number of nitrogens with zero attached hydrogens (tertiary/aromatic N) is 6. The van der Waals surface area contributed by atoms with Crippen molar-refractivity contribution in [3.8, 4) is 11.4 Å². The fourth-order valence-corrected chi connectivity index (χ4v) is 5.00. The first-order chi connectivity index (χ1) is 18.5. The number of carbonyl (C=O) groups is 1. The van der Waals surface area contributed by atoms with Crippen molar-refractivity contribution >= 4 is 23.4 Å². The number of aryl methyl sites for hydroxylation is 1. The Bertz CT molecular complexity index is 1310. The number of carbonyl (C=O) groups excluding carboxylic acids is 1. The van der Waals surface area contributed by atoms with Crippen molar-refractivity contribution < 1.29 is 14.3 Å². The second kappa shape index (κ2) is 10.5. The zero-order chi connectivity index (χ0) is 26.1. The van der Waals surface area contributed by atoms with Crippen LogP contribution in [0, 0.1) is 6.92 Å². The number of benzene rings is 1. The molecule has 0 aliphatic carbocycles. The Balaban J connectivity index is 1.30. The molecule has 0 bridgehead atoms. The highest BCUT2D eigenvalue weighted by atomic mass is 16.5. The van der Waals surface area contributed by atoms with E-state index in [0.717, 1.165) is 48.1 Å².